The smallest absolute Gasteiger partial charge is 0.396 e. The highest BCUT2D eigenvalue weighted by molar-refractivity contribution is 5.68. The van der Waals surface area contributed by atoms with Gasteiger partial charge in [0.25, 0.3) is 0 Å². The van der Waals surface area contributed by atoms with Crippen LogP contribution in [0.3, 0.4) is 0 Å². The van der Waals surface area contributed by atoms with Gasteiger partial charge in [-0.3, -0.25) is 4.79 Å². The molecule has 0 saturated heterocycles. The number of rotatable bonds is 3. The molecule has 1 N–H and O–H groups in total. The van der Waals surface area contributed by atoms with E-state index in [9.17, 15) is 26.7 Å². The molecular weight excluding hydrogens is 247 g/mol. The lowest BCUT2D eigenvalue weighted by Crippen LogP contribution is -2.25. The van der Waals surface area contributed by atoms with Gasteiger partial charge < -0.3 is 5.11 Å². The maximum atomic E-state index is 13.1. The Labute approximate surface area is 92.7 Å². The summed E-state index contributed by atoms with van der Waals surface area (Å²) in [6.07, 6.45) is -6.44. The summed E-state index contributed by atoms with van der Waals surface area (Å²) in [5, 5.41) is 8.35. The summed E-state index contributed by atoms with van der Waals surface area (Å²) in [7, 11) is 0. The normalized spacial score (nSPS) is 13.5. The van der Waals surface area contributed by atoms with Crippen LogP contribution in [0.25, 0.3) is 0 Å². The third-order valence-electron chi connectivity index (χ3n) is 2.12. The van der Waals surface area contributed by atoms with E-state index in [1.807, 2.05) is 0 Å². The number of hydrogen-bond donors (Lipinski definition) is 1. The zero-order valence-corrected chi connectivity index (χ0v) is 8.26. The second-order valence-electron chi connectivity index (χ2n) is 3.33. The number of aliphatic carboxylic acids is 1. The van der Waals surface area contributed by atoms with Gasteiger partial charge in [-0.2, -0.15) is 13.2 Å². The predicted octanol–water partition coefficient (Wildman–Crippen LogP) is 3.09. The third kappa shape index (κ3) is 3.15. The molecule has 0 amide bonds. The van der Waals surface area contributed by atoms with E-state index in [0.29, 0.717) is 12.1 Å². The topological polar surface area (TPSA) is 37.3 Å². The Hall–Kier alpha value is -1.66. The van der Waals surface area contributed by atoms with Crippen LogP contribution < -0.4 is 0 Å². The highest BCUT2D eigenvalue weighted by Crippen LogP contribution is 2.39. The minimum atomic E-state index is -5.03. The highest BCUT2D eigenvalue weighted by Gasteiger charge is 2.44. The summed E-state index contributed by atoms with van der Waals surface area (Å²) in [5.41, 5.74) is -1.26. The number of carbonyl (C=O) groups is 1. The first-order valence-corrected chi connectivity index (χ1v) is 4.46. The molecule has 0 heterocycles. The Balaban J connectivity index is 3.27. The molecule has 0 radical (unpaired) electrons. The fourth-order valence-corrected chi connectivity index (χ4v) is 1.40. The molecule has 0 aliphatic heterocycles. The molecule has 0 saturated carbocycles. The Morgan fingerprint density at radius 1 is 1.24 bits per heavy atom. The summed E-state index contributed by atoms with van der Waals surface area (Å²) in [4.78, 5) is 10.3. The zero-order valence-electron chi connectivity index (χ0n) is 8.26. The molecule has 1 unspecified atom stereocenters. The summed E-state index contributed by atoms with van der Waals surface area (Å²) in [5.74, 6) is -7.29. The van der Waals surface area contributed by atoms with Gasteiger partial charge in [-0.15, -0.1) is 0 Å². The van der Waals surface area contributed by atoms with Crippen molar-refractivity contribution in [1.82, 2.24) is 0 Å². The summed E-state index contributed by atoms with van der Waals surface area (Å²) in [6, 6.07) is 2.21. The molecule has 0 fully saturated rings. The molecule has 0 spiro atoms. The number of alkyl halides is 3. The standard InChI is InChI=1S/C10H7F5O2/c11-6-2-1-3-7(12)9(6)5(4-8(16)17)10(13,14)15/h1-3,5H,4H2,(H,16,17). The molecule has 7 heteroatoms. The van der Waals surface area contributed by atoms with Gasteiger partial charge in [-0.25, -0.2) is 8.78 Å². The van der Waals surface area contributed by atoms with Crippen molar-refractivity contribution in [3.63, 3.8) is 0 Å². The van der Waals surface area contributed by atoms with E-state index in [4.69, 9.17) is 5.11 Å². The average molecular weight is 254 g/mol. The highest BCUT2D eigenvalue weighted by atomic mass is 19.4. The van der Waals surface area contributed by atoms with Crippen LogP contribution in [-0.2, 0) is 4.79 Å². The van der Waals surface area contributed by atoms with Gasteiger partial charge in [0.1, 0.15) is 11.6 Å². The molecule has 0 aromatic heterocycles. The SMILES string of the molecule is O=C(O)CC(c1c(F)cccc1F)C(F)(F)F. The van der Waals surface area contributed by atoms with Crippen LogP contribution in [-0.4, -0.2) is 17.3 Å². The van der Waals surface area contributed by atoms with E-state index >= 15 is 0 Å². The van der Waals surface area contributed by atoms with E-state index in [1.165, 1.54) is 0 Å². The number of carboxylic acid groups (broad SMARTS) is 1. The Morgan fingerprint density at radius 3 is 2.06 bits per heavy atom. The number of benzene rings is 1. The second-order valence-corrected chi connectivity index (χ2v) is 3.33. The molecule has 2 nitrogen and oxygen atoms in total. The van der Waals surface area contributed by atoms with Crippen molar-refractivity contribution < 1.29 is 31.9 Å². The Bertz CT molecular complexity index is 407. The van der Waals surface area contributed by atoms with Gasteiger partial charge in [0.05, 0.1) is 12.3 Å². The zero-order chi connectivity index (χ0) is 13.2. The van der Waals surface area contributed by atoms with E-state index in [1.54, 1.807) is 0 Å². The first-order valence-electron chi connectivity index (χ1n) is 4.46. The van der Waals surface area contributed by atoms with Gasteiger partial charge in [-0.05, 0) is 12.1 Å². The van der Waals surface area contributed by atoms with Crippen molar-refractivity contribution in [1.29, 1.82) is 0 Å². The average Bonchev–Trinajstić information content (AvgIpc) is 2.13. The van der Waals surface area contributed by atoms with E-state index in [-0.39, 0.29) is 0 Å². The predicted molar refractivity (Wildman–Crippen MR) is 47.4 cm³/mol. The van der Waals surface area contributed by atoms with Gasteiger partial charge in [0.2, 0.25) is 0 Å². The van der Waals surface area contributed by atoms with Crippen LogP contribution in [0, 0.1) is 11.6 Å². The van der Waals surface area contributed by atoms with Crippen LogP contribution in [0.1, 0.15) is 17.9 Å². The van der Waals surface area contributed by atoms with Crippen molar-refractivity contribution in [2.45, 2.75) is 18.5 Å². The number of halogens is 5. The lowest BCUT2D eigenvalue weighted by atomic mass is 9.94. The summed E-state index contributed by atoms with van der Waals surface area (Å²) >= 11 is 0. The molecule has 94 valence electrons. The number of hydrogen-bond acceptors (Lipinski definition) is 1. The van der Waals surface area contributed by atoms with Gasteiger partial charge in [0, 0.05) is 5.56 Å². The molecule has 0 aliphatic rings. The first-order chi connectivity index (χ1) is 7.73. The molecule has 0 aliphatic carbocycles. The number of carboxylic acids is 1. The lowest BCUT2D eigenvalue weighted by Gasteiger charge is -2.19. The third-order valence-corrected chi connectivity index (χ3v) is 2.12. The van der Waals surface area contributed by atoms with Gasteiger partial charge in [0.15, 0.2) is 0 Å². The maximum Gasteiger partial charge on any atom is 0.396 e. The van der Waals surface area contributed by atoms with Crippen molar-refractivity contribution in [3.05, 3.63) is 35.4 Å². The van der Waals surface area contributed by atoms with Crippen LogP contribution in [0.4, 0.5) is 22.0 Å². The van der Waals surface area contributed by atoms with E-state index < -0.39 is 41.7 Å². The van der Waals surface area contributed by atoms with Crippen molar-refractivity contribution in [3.8, 4) is 0 Å². The largest absolute Gasteiger partial charge is 0.481 e. The monoisotopic (exact) mass is 254 g/mol. The van der Waals surface area contributed by atoms with Gasteiger partial charge >= 0.3 is 12.1 Å². The molecule has 17 heavy (non-hydrogen) atoms. The van der Waals surface area contributed by atoms with Crippen molar-refractivity contribution in [2.24, 2.45) is 0 Å². The second kappa shape index (κ2) is 4.68. The minimum Gasteiger partial charge on any atom is -0.481 e. The first kappa shape index (κ1) is 13.4. The maximum absolute atomic E-state index is 13.1. The summed E-state index contributed by atoms with van der Waals surface area (Å²) in [6.45, 7) is 0. The molecule has 1 atom stereocenters. The van der Waals surface area contributed by atoms with Crippen LogP contribution in [0.15, 0.2) is 18.2 Å². The molecule has 1 aromatic carbocycles. The van der Waals surface area contributed by atoms with Crippen LogP contribution in [0.2, 0.25) is 0 Å². The Kier molecular flexibility index (Phi) is 3.69. The minimum absolute atomic E-state index is 0.652. The van der Waals surface area contributed by atoms with Crippen LogP contribution in [0.5, 0.6) is 0 Å². The van der Waals surface area contributed by atoms with E-state index in [0.717, 1.165) is 6.07 Å². The fourth-order valence-electron chi connectivity index (χ4n) is 1.40. The van der Waals surface area contributed by atoms with Crippen LogP contribution >= 0.6 is 0 Å². The summed E-state index contributed by atoms with van der Waals surface area (Å²) < 4.78 is 63.9. The molecule has 1 aromatic rings. The lowest BCUT2D eigenvalue weighted by molar-refractivity contribution is -0.164. The quantitative estimate of drug-likeness (QED) is 0.841. The van der Waals surface area contributed by atoms with Gasteiger partial charge in [-0.1, -0.05) is 6.07 Å². The van der Waals surface area contributed by atoms with E-state index in [2.05, 4.69) is 0 Å². The van der Waals surface area contributed by atoms with Crippen molar-refractivity contribution >= 4 is 5.97 Å². The fraction of sp³-hybridized carbons (Fsp3) is 0.300. The Morgan fingerprint density at radius 2 is 1.71 bits per heavy atom. The molecule has 1 rings (SSSR count). The van der Waals surface area contributed by atoms with Crippen molar-refractivity contribution in [2.75, 3.05) is 0 Å². The molecule has 0 bridgehead atoms. The molecular formula is C10H7F5O2.